The smallest absolute Gasteiger partial charge is 0.234 e. The summed E-state index contributed by atoms with van der Waals surface area (Å²) in [6.07, 6.45) is 0. The SMILES string of the molecule is C[C@H](NCC(=O)NC(C)(C)C)c1ccccc1Cl. The summed E-state index contributed by atoms with van der Waals surface area (Å²) in [5, 5.41) is 6.79. The normalized spacial score (nSPS) is 13.2. The Bertz CT molecular complexity index is 413. The summed E-state index contributed by atoms with van der Waals surface area (Å²) in [7, 11) is 0. The molecule has 0 aliphatic rings. The number of amides is 1. The molecular weight excluding hydrogens is 248 g/mol. The Morgan fingerprint density at radius 3 is 2.50 bits per heavy atom. The Morgan fingerprint density at radius 2 is 1.94 bits per heavy atom. The van der Waals surface area contributed by atoms with Crippen molar-refractivity contribution in [1.29, 1.82) is 0 Å². The van der Waals surface area contributed by atoms with Gasteiger partial charge in [0.15, 0.2) is 0 Å². The molecule has 1 amide bonds. The van der Waals surface area contributed by atoms with Crippen LogP contribution in [0.25, 0.3) is 0 Å². The van der Waals surface area contributed by atoms with Gasteiger partial charge in [0.2, 0.25) is 5.91 Å². The number of benzene rings is 1. The third-order valence-corrected chi connectivity index (χ3v) is 2.80. The van der Waals surface area contributed by atoms with Gasteiger partial charge in [0, 0.05) is 16.6 Å². The van der Waals surface area contributed by atoms with Crippen molar-refractivity contribution in [1.82, 2.24) is 10.6 Å². The van der Waals surface area contributed by atoms with Gasteiger partial charge in [0.25, 0.3) is 0 Å². The van der Waals surface area contributed by atoms with Crippen molar-refractivity contribution in [3.8, 4) is 0 Å². The van der Waals surface area contributed by atoms with Gasteiger partial charge in [-0.1, -0.05) is 29.8 Å². The zero-order valence-corrected chi connectivity index (χ0v) is 12.1. The number of carbonyl (C=O) groups excluding carboxylic acids is 1. The molecule has 0 aliphatic heterocycles. The molecule has 0 aliphatic carbocycles. The van der Waals surface area contributed by atoms with E-state index in [0.717, 1.165) is 5.56 Å². The predicted molar refractivity (Wildman–Crippen MR) is 75.8 cm³/mol. The first-order valence-corrected chi connectivity index (χ1v) is 6.46. The van der Waals surface area contributed by atoms with Crippen LogP contribution in [0, 0.1) is 0 Å². The fourth-order valence-electron chi connectivity index (χ4n) is 1.64. The van der Waals surface area contributed by atoms with Crippen molar-refractivity contribution >= 4 is 17.5 Å². The van der Waals surface area contributed by atoms with E-state index < -0.39 is 0 Å². The summed E-state index contributed by atoms with van der Waals surface area (Å²) in [4.78, 5) is 11.7. The summed E-state index contributed by atoms with van der Waals surface area (Å²) in [5.41, 5.74) is 0.801. The molecule has 0 unspecified atom stereocenters. The van der Waals surface area contributed by atoms with Crippen LogP contribution in [0.2, 0.25) is 5.02 Å². The second-order valence-electron chi connectivity index (χ2n) is 5.42. The van der Waals surface area contributed by atoms with Gasteiger partial charge in [-0.15, -0.1) is 0 Å². The van der Waals surface area contributed by atoms with Crippen LogP contribution in [-0.2, 0) is 4.79 Å². The molecule has 18 heavy (non-hydrogen) atoms. The standard InChI is InChI=1S/C14H21ClN2O/c1-10(11-7-5-6-8-12(11)15)16-9-13(18)17-14(2,3)4/h5-8,10,16H,9H2,1-4H3,(H,17,18)/t10-/m0/s1. The molecule has 1 aromatic carbocycles. The van der Waals surface area contributed by atoms with E-state index in [1.165, 1.54) is 0 Å². The first kappa shape index (κ1) is 15.0. The van der Waals surface area contributed by atoms with E-state index in [-0.39, 0.29) is 24.0 Å². The zero-order chi connectivity index (χ0) is 13.8. The van der Waals surface area contributed by atoms with Gasteiger partial charge in [-0.25, -0.2) is 0 Å². The van der Waals surface area contributed by atoms with Crippen molar-refractivity contribution < 1.29 is 4.79 Å². The third-order valence-electron chi connectivity index (χ3n) is 2.45. The lowest BCUT2D eigenvalue weighted by atomic mass is 10.1. The maximum atomic E-state index is 11.7. The molecule has 1 aromatic rings. The lowest BCUT2D eigenvalue weighted by Gasteiger charge is -2.22. The van der Waals surface area contributed by atoms with E-state index in [0.29, 0.717) is 5.02 Å². The molecule has 1 atom stereocenters. The highest BCUT2D eigenvalue weighted by atomic mass is 35.5. The number of nitrogens with one attached hydrogen (secondary N) is 2. The molecule has 0 radical (unpaired) electrons. The summed E-state index contributed by atoms with van der Waals surface area (Å²) < 4.78 is 0. The fraction of sp³-hybridized carbons (Fsp3) is 0.500. The van der Waals surface area contributed by atoms with Crippen LogP contribution in [0.4, 0.5) is 0 Å². The summed E-state index contributed by atoms with van der Waals surface area (Å²) in [6.45, 7) is 8.16. The first-order chi connectivity index (χ1) is 8.29. The average molecular weight is 269 g/mol. The maximum Gasteiger partial charge on any atom is 0.234 e. The Morgan fingerprint density at radius 1 is 1.33 bits per heavy atom. The van der Waals surface area contributed by atoms with Crippen LogP contribution in [0.1, 0.15) is 39.3 Å². The monoisotopic (exact) mass is 268 g/mol. The van der Waals surface area contributed by atoms with E-state index in [1.807, 2.05) is 52.0 Å². The lowest BCUT2D eigenvalue weighted by Crippen LogP contribution is -2.45. The molecule has 0 aromatic heterocycles. The second kappa shape index (κ2) is 6.21. The first-order valence-electron chi connectivity index (χ1n) is 6.08. The molecule has 0 bridgehead atoms. The highest BCUT2D eigenvalue weighted by Crippen LogP contribution is 2.21. The van der Waals surface area contributed by atoms with Crippen LogP contribution in [-0.4, -0.2) is 18.0 Å². The van der Waals surface area contributed by atoms with Crippen molar-refractivity contribution in [3.05, 3.63) is 34.9 Å². The minimum atomic E-state index is -0.202. The number of rotatable bonds is 4. The Labute approximate surface area is 114 Å². The van der Waals surface area contributed by atoms with E-state index in [2.05, 4.69) is 10.6 Å². The Balaban J connectivity index is 2.49. The van der Waals surface area contributed by atoms with E-state index >= 15 is 0 Å². The molecule has 0 fully saturated rings. The second-order valence-corrected chi connectivity index (χ2v) is 5.83. The minimum Gasteiger partial charge on any atom is -0.350 e. The van der Waals surface area contributed by atoms with Crippen LogP contribution in [0.5, 0.6) is 0 Å². The quantitative estimate of drug-likeness (QED) is 0.882. The molecule has 4 heteroatoms. The number of carbonyl (C=O) groups is 1. The molecule has 2 N–H and O–H groups in total. The van der Waals surface area contributed by atoms with Gasteiger partial charge >= 0.3 is 0 Å². The minimum absolute atomic E-state index is 0.0126. The summed E-state index contributed by atoms with van der Waals surface area (Å²) in [5.74, 6) is -0.0126. The molecule has 1 rings (SSSR count). The predicted octanol–water partition coefficient (Wildman–Crippen LogP) is 2.91. The zero-order valence-electron chi connectivity index (χ0n) is 11.4. The molecule has 0 saturated heterocycles. The van der Waals surface area contributed by atoms with E-state index in [9.17, 15) is 4.79 Å². The van der Waals surface area contributed by atoms with Gasteiger partial charge in [-0.05, 0) is 39.3 Å². The molecule has 0 spiro atoms. The van der Waals surface area contributed by atoms with Crippen LogP contribution < -0.4 is 10.6 Å². The molecule has 3 nitrogen and oxygen atoms in total. The van der Waals surface area contributed by atoms with Gasteiger partial charge in [-0.2, -0.15) is 0 Å². The molecular formula is C14H21ClN2O. The Kier molecular flexibility index (Phi) is 5.17. The highest BCUT2D eigenvalue weighted by Gasteiger charge is 2.15. The maximum absolute atomic E-state index is 11.7. The molecule has 0 heterocycles. The molecule has 0 saturated carbocycles. The van der Waals surface area contributed by atoms with Crippen molar-refractivity contribution in [3.63, 3.8) is 0 Å². The highest BCUT2D eigenvalue weighted by molar-refractivity contribution is 6.31. The average Bonchev–Trinajstić information content (AvgIpc) is 2.24. The fourth-order valence-corrected chi connectivity index (χ4v) is 1.94. The van der Waals surface area contributed by atoms with Crippen LogP contribution >= 0.6 is 11.6 Å². The van der Waals surface area contributed by atoms with Gasteiger partial charge < -0.3 is 10.6 Å². The largest absolute Gasteiger partial charge is 0.350 e. The summed E-state index contributed by atoms with van der Waals surface area (Å²) >= 11 is 6.10. The van der Waals surface area contributed by atoms with Crippen molar-refractivity contribution in [2.24, 2.45) is 0 Å². The lowest BCUT2D eigenvalue weighted by molar-refractivity contribution is -0.121. The van der Waals surface area contributed by atoms with E-state index in [1.54, 1.807) is 0 Å². The van der Waals surface area contributed by atoms with Crippen LogP contribution in [0.3, 0.4) is 0 Å². The number of hydrogen-bond acceptors (Lipinski definition) is 2. The van der Waals surface area contributed by atoms with Gasteiger partial charge in [-0.3, -0.25) is 4.79 Å². The van der Waals surface area contributed by atoms with Gasteiger partial charge in [0.1, 0.15) is 0 Å². The number of halogens is 1. The van der Waals surface area contributed by atoms with Crippen molar-refractivity contribution in [2.45, 2.75) is 39.3 Å². The topological polar surface area (TPSA) is 41.1 Å². The van der Waals surface area contributed by atoms with Crippen LogP contribution in [0.15, 0.2) is 24.3 Å². The summed E-state index contributed by atoms with van der Waals surface area (Å²) in [6, 6.07) is 7.69. The van der Waals surface area contributed by atoms with Crippen molar-refractivity contribution in [2.75, 3.05) is 6.54 Å². The van der Waals surface area contributed by atoms with Gasteiger partial charge in [0.05, 0.1) is 6.54 Å². The van der Waals surface area contributed by atoms with E-state index in [4.69, 9.17) is 11.6 Å². The Hall–Kier alpha value is -1.06. The third kappa shape index (κ3) is 5.07. The number of hydrogen-bond donors (Lipinski definition) is 2. The molecule has 100 valence electrons.